The minimum absolute atomic E-state index is 0.0191. The number of nitro groups is 1. The van der Waals surface area contributed by atoms with Crippen LogP contribution in [0.5, 0.6) is 11.5 Å². The Morgan fingerprint density at radius 2 is 1.77 bits per heavy atom. The quantitative estimate of drug-likeness (QED) is 0.541. The Hall–Kier alpha value is -3.62. The van der Waals surface area contributed by atoms with Gasteiger partial charge in [-0.2, -0.15) is 0 Å². The topological polar surface area (TPSA) is 120 Å². The lowest BCUT2D eigenvalue weighted by atomic mass is 10.1. The third-order valence-corrected chi connectivity index (χ3v) is 5.48. The molecule has 0 bridgehead atoms. The van der Waals surface area contributed by atoms with Crippen LogP contribution in [0.15, 0.2) is 36.4 Å². The molecule has 1 saturated carbocycles. The Morgan fingerprint density at radius 1 is 1.06 bits per heavy atom. The number of hydrogen-bond acceptors (Lipinski definition) is 6. The van der Waals surface area contributed by atoms with Crippen LogP contribution in [0, 0.1) is 16.0 Å². The lowest BCUT2D eigenvalue weighted by Gasteiger charge is -2.19. The van der Waals surface area contributed by atoms with Crippen molar-refractivity contribution in [3.8, 4) is 11.5 Å². The Morgan fingerprint density at radius 3 is 2.48 bits per heavy atom. The summed E-state index contributed by atoms with van der Waals surface area (Å²) in [5.74, 6) is 0.0348. The van der Waals surface area contributed by atoms with E-state index in [1.165, 1.54) is 12.1 Å². The number of amides is 2. The van der Waals surface area contributed by atoms with Crippen molar-refractivity contribution in [3.63, 3.8) is 0 Å². The van der Waals surface area contributed by atoms with E-state index in [-0.39, 0.29) is 35.4 Å². The molecule has 0 radical (unpaired) electrons. The van der Waals surface area contributed by atoms with Crippen LogP contribution >= 0.6 is 0 Å². The first-order valence-electron chi connectivity index (χ1n) is 10.3. The highest BCUT2D eigenvalue weighted by Gasteiger charge is 2.26. The van der Waals surface area contributed by atoms with E-state index in [1.54, 1.807) is 18.2 Å². The molecule has 2 aliphatic rings. The molecular weight excluding hydrogens is 402 g/mol. The average Bonchev–Trinajstić information content (AvgIpc) is 3.32. The monoisotopic (exact) mass is 425 g/mol. The smallest absolute Gasteiger partial charge is 0.286 e. The summed E-state index contributed by atoms with van der Waals surface area (Å²) < 4.78 is 10.8. The van der Waals surface area contributed by atoms with Crippen molar-refractivity contribution in [2.75, 3.05) is 18.5 Å². The fourth-order valence-electron chi connectivity index (χ4n) is 3.88. The number of nitro benzene ring substituents is 1. The number of nitrogens with zero attached hydrogens (tertiary/aromatic N) is 1. The largest absolute Gasteiger partial charge is 0.486 e. The van der Waals surface area contributed by atoms with Crippen molar-refractivity contribution in [1.29, 1.82) is 0 Å². The number of ether oxygens (including phenoxy) is 2. The van der Waals surface area contributed by atoms with Crippen LogP contribution in [-0.2, 0) is 11.3 Å². The standard InChI is InChI=1S/C22H23N3O6/c26-21(15-5-1-2-6-15)24-16-7-3-4-14(10-16)13-23-22(27)17-11-19-20(31-9-8-30-19)12-18(17)25(28)29/h3-4,7,10-12,15H,1-2,5-6,8-9,13H2,(H,23,27)(H,24,26). The van der Waals surface area contributed by atoms with Crippen LogP contribution in [0.1, 0.15) is 41.6 Å². The maximum Gasteiger partial charge on any atom is 0.286 e. The highest BCUT2D eigenvalue weighted by Crippen LogP contribution is 2.36. The molecule has 0 unspecified atom stereocenters. The third-order valence-electron chi connectivity index (χ3n) is 5.48. The molecule has 162 valence electrons. The molecule has 0 saturated heterocycles. The fourth-order valence-corrected chi connectivity index (χ4v) is 3.88. The summed E-state index contributed by atoms with van der Waals surface area (Å²) >= 11 is 0. The molecule has 0 aromatic heterocycles. The molecule has 4 rings (SSSR count). The molecule has 0 atom stereocenters. The van der Waals surface area contributed by atoms with Gasteiger partial charge in [0, 0.05) is 24.2 Å². The number of benzene rings is 2. The molecule has 1 fully saturated rings. The lowest BCUT2D eigenvalue weighted by Crippen LogP contribution is -2.25. The molecule has 2 aromatic rings. The molecule has 9 heteroatoms. The first kappa shape index (κ1) is 20.6. The van der Waals surface area contributed by atoms with Gasteiger partial charge in [0.25, 0.3) is 11.6 Å². The van der Waals surface area contributed by atoms with Crippen LogP contribution in [0.3, 0.4) is 0 Å². The predicted molar refractivity (Wildman–Crippen MR) is 112 cm³/mol. The second kappa shape index (κ2) is 9.03. The molecule has 1 aliphatic heterocycles. The third kappa shape index (κ3) is 4.76. The Labute approximate surface area is 178 Å². The van der Waals surface area contributed by atoms with E-state index in [2.05, 4.69) is 10.6 Å². The molecule has 9 nitrogen and oxygen atoms in total. The highest BCUT2D eigenvalue weighted by molar-refractivity contribution is 5.99. The minimum atomic E-state index is -0.619. The number of hydrogen-bond donors (Lipinski definition) is 2. The highest BCUT2D eigenvalue weighted by atomic mass is 16.6. The lowest BCUT2D eigenvalue weighted by molar-refractivity contribution is -0.385. The molecule has 1 heterocycles. The van der Waals surface area contributed by atoms with Gasteiger partial charge in [-0.3, -0.25) is 19.7 Å². The van der Waals surface area contributed by atoms with Gasteiger partial charge in [0.15, 0.2) is 11.5 Å². The van der Waals surface area contributed by atoms with E-state index in [1.807, 2.05) is 6.07 Å². The van der Waals surface area contributed by atoms with Gasteiger partial charge in [0.1, 0.15) is 18.8 Å². The van der Waals surface area contributed by atoms with Gasteiger partial charge in [0.05, 0.1) is 11.0 Å². The van der Waals surface area contributed by atoms with E-state index < -0.39 is 10.8 Å². The number of carbonyl (C=O) groups is 2. The van der Waals surface area contributed by atoms with Crippen LogP contribution < -0.4 is 20.1 Å². The van der Waals surface area contributed by atoms with Crippen LogP contribution in [0.4, 0.5) is 11.4 Å². The summed E-state index contributed by atoms with van der Waals surface area (Å²) in [5, 5.41) is 17.1. The number of fused-ring (bicyclic) bond motifs is 1. The van der Waals surface area contributed by atoms with E-state index in [4.69, 9.17) is 9.47 Å². The van der Waals surface area contributed by atoms with Gasteiger partial charge in [-0.05, 0) is 30.5 Å². The van der Waals surface area contributed by atoms with Crippen molar-refractivity contribution >= 4 is 23.2 Å². The fraction of sp³-hybridized carbons (Fsp3) is 0.364. The molecule has 2 N–H and O–H groups in total. The average molecular weight is 425 g/mol. The van der Waals surface area contributed by atoms with Gasteiger partial charge in [-0.1, -0.05) is 25.0 Å². The van der Waals surface area contributed by atoms with E-state index in [9.17, 15) is 19.7 Å². The minimum Gasteiger partial charge on any atom is -0.486 e. The first-order valence-corrected chi connectivity index (χ1v) is 10.3. The number of carbonyl (C=O) groups excluding carboxylic acids is 2. The second-order valence-electron chi connectivity index (χ2n) is 7.62. The summed E-state index contributed by atoms with van der Waals surface area (Å²) in [6.45, 7) is 0.756. The Kier molecular flexibility index (Phi) is 6.01. The summed E-state index contributed by atoms with van der Waals surface area (Å²) in [6, 6.07) is 9.72. The summed E-state index contributed by atoms with van der Waals surface area (Å²) in [4.78, 5) is 35.8. The molecule has 2 amide bonds. The van der Waals surface area contributed by atoms with Crippen molar-refractivity contribution in [2.45, 2.75) is 32.2 Å². The number of anilines is 1. The van der Waals surface area contributed by atoms with E-state index >= 15 is 0 Å². The number of rotatable bonds is 6. The molecule has 1 aliphatic carbocycles. The van der Waals surface area contributed by atoms with Crippen molar-refractivity contribution in [3.05, 3.63) is 57.6 Å². The summed E-state index contributed by atoms with van der Waals surface area (Å²) in [7, 11) is 0. The van der Waals surface area contributed by atoms with Crippen molar-refractivity contribution < 1.29 is 24.0 Å². The zero-order chi connectivity index (χ0) is 21.8. The Balaban J connectivity index is 1.44. The van der Waals surface area contributed by atoms with Crippen LogP contribution in [0.25, 0.3) is 0 Å². The molecule has 31 heavy (non-hydrogen) atoms. The summed E-state index contributed by atoms with van der Waals surface area (Å²) in [5.41, 5.74) is 0.978. The predicted octanol–water partition coefficient (Wildman–Crippen LogP) is 3.42. The van der Waals surface area contributed by atoms with E-state index in [0.717, 1.165) is 31.2 Å². The molecule has 0 spiro atoms. The van der Waals surface area contributed by atoms with Crippen molar-refractivity contribution in [2.24, 2.45) is 5.92 Å². The maximum absolute atomic E-state index is 12.7. The second-order valence-corrected chi connectivity index (χ2v) is 7.62. The normalized spacial score (nSPS) is 15.4. The van der Waals surface area contributed by atoms with Gasteiger partial charge in [0.2, 0.25) is 5.91 Å². The maximum atomic E-state index is 12.7. The van der Waals surface area contributed by atoms with Gasteiger partial charge in [-0.25, -0.2) is 0 Å². The SMILES string of the molecule is O=C(NCc1cccc(NC(=O)C2CCCC2)c1)c1cc2c(cc1[N+](=O)[O-])OCCO2. The van der Waals surface area contributed by atoms with Crippen LogP contribution in [0.2, 0.25) is 0 Å². The summed E-state index contributed by atoms with van der Waals surface area (Å²) in [6.07, 6.45) is 3.98. The van der Waals surface area contributed by atoms with Gasteiger partial charge in [-0.15, -0.1) is 0 Å². The number of nitrogens with one attached hydrogen (secondary N) is 2. The zero-order valence-electron chi connectivity index (χ0n) is 16.9. The first-order chi connectivity index (χ1) is 15.0. The van der Waals surface area contributed by atoms with Gasteiger partial charge < -0.3 is 20.1 Å². The van der Waals surface area contributed by atoms with Gasteiger partial charge >= 0.3 is 0 Å². The Bertz CT molecular complexity index is 1020. The molecular formula is C22H23N3O6. The van der Waals surface area contributed by atoms with Crippen molar-refractivity contribution in [1.82, 2.24) is 5.32 Å². The van der Waals surface area contributed by atoms with E-state index in [0.29, 0.717) is 24.7 Å². The zero-order valence-corrected chi connectivity index (χ0v) is 16.9. The van der Waals surface area contributed by atoms with Crippen LogP contribution in [-0.4, -0.2) is 30.0 Å². The molecule has 2 aromatic carbocycles.